The molecule has 1 aliphatic heterocycles. The van der Waals surface area contributed by atoms with Gasteiger partial charge in [0.1, 0.15) is 28.9 Å². The Hall–Kier alpha value is -3.94. The van der Waals surface area contributed by atoms with Gasteiger partial charge in [0.15, 0.2) is 0 Å². The second-order valence-corrected chi connectivity index (χ2v) is 16.6. The molecule has 2 aromatic rings. The van der Waals surface area contributed by atoms with E-state index in [0.29, 0.717) is 30.1 Å². The third-order valence-electron chi connectivity index (χ3n) is 11.4. The molecule has 0 saturated heterocycles. The molecule has 6 atom stereocenters. The van der Waals surface area contributed by atoms with Crippen LogP contribution < -0.4 is 9.47 Å². The van der Waals surface area contributed by atoms with E-state index in [1.54, 1.807) is 17.9 Å². The van der Waals surface area contributed by atoms with E-state index in [1.807, 2.05) is 45.0 Å². The van der Waals surface area contributed by atoms with Gasteiger partial charge in [-0.05, 0) is 126 Å². The van der Waals surface area contributed by atoms with E-state index in [1.165, 1.54) is 5.56 Å². The summed E-state index contributed by atoms with van der Waals surface area (Å²) in [4.78, 5) is 22.0. The molecule has 5 rings (SSSR count). The number of aliphatic hydroxyl groups excluding tert-OH is 3. The number of amides is 1. The summed E-state index contributed by atoms with van der Waals surface area (Å²) in [5, 5.41) is 34.1. The van der Waals surface area contributed by atoms with E-state index < -0.39 is 29.4 Å². The number of hydrogen-bond donors (Lipinski definition) is 3. The van der Waals surface area contributed by atoms with E-state index in [9.17, 15) is 20.1 Å². The Bertz CT molecular complexity index is 1740. The molecule has 320 valence electrons. The van der Waals surface area contributed by atoms with Crippen molar-refractivity contribution >= 4 is 11.8 Å². The quantitative estimate of drug-likeness (QED) is 0.0644. The van der Waals surface area contributed by atoms with Crippen molar-refractivity contribution in [1.29, 1.82) is 0 Å². The SMILES string of the molecule is C=CCO[C@@]12Oc3ccc(Oc4ccc(C)c(C)c4)cc3[C@H]3[C@H](CCCCO)[C@@H](CCCCO)C=C(C(=NOC(C)(C)C)C[C@@H]1N(CCOCCO)C(=O)OCC)[C@H]32. The number of ether oxygens (including phenoxy) is 5. The predicted octanol–water partition coefficient (Wildman–Crippen LogP) is 8.00. The summed E-state index contributed by atoms with van der Waals surface area (Å²) in [5.41, 5.74) is 4.29. The minimum absolute atomic E-state index is 0.0534. The van der Waals surface area contributed by atoms with Gasteiger partial charge in [-0.15, -0.1) is 6.58 Å². The molecule has 12 heteroatoms. The zero-order chi connectivity index (χ0) is 41.9. The van der Waals surface area contributed by atoms with Gasteiger partial charge < -0.3 is 43.8 Å². The summed E-state index contributed by atoms with van der Waals surface area (Å²) in [6.45, 7) is 16.5. The summed E-state index contributed by atoms with van der Waals surface area (Å²) in [6.07, 6.45) is 8.29. The van der Waals surface area contributed by atoms with Crippen molar-refractivity contribution < 1.29 is 48.6 Å². The average Bonchev–Trinajstić information content (AvgIpc) is 3.19. The fourth-order valence-electron chi connectivity index (χ4n) is 8.73. The maximum Gasteiger partial charge on any atom is 0.410 e. The van der Waals surface area contributed by atoms with Crippen molar-refractivity contribution in [3.8, 4) is 17.2 Å². The highest BCUT2D eigenvalue weighted by molar-refractivity contribution is 6.03. The smallest absolute Gasteiger partial charge is 0.410 e. The third-order valence-corrected chi connectivity index (χ3v) is 11.4. The number of nitrogens with zero attached hydrogens (tertiary/aromatic N) is 2. The number of carbonyl (C=O) groups excluding carboxylic acids is 1. The largest absolute Gasteiger partial charge is 0.459 e. The summed E-state index contributed by atoms with van der Waals surface area (Å²) < 4.78 is 32.3. The van der Waals surface area contributed by atoms with Crippen LogP contribution in [0.5, 0.6) is 17.2 Å². The number of allylic oxidation sites excluding steroid dienone is 1. The van der Waals surface area contributed by atoms with Gasteiger partial charge in [0.05, 0.1) is 44.7 Å². The van der Waals surface area contributed by atoms with Gasteiger partial charge in [0.25, 0.3) is 0 Å². The zero-order valence-corrected chi connectivity index (χ0v) is 35.4. The monoisotopic (exact) mass is 806 g/mol. The van der Waals surface area contributed by atoms with Crippen LogP contribution in [0.15, 0.2) is 65.9 Å². The second kappa shape index (κ2) is 20.8. The minimum atomic E-state index is -1.44. The topological polar surface area (TPSA) is 149 Å². The molecule has 1 heterocycles. The summed E-state index contributed by atoms with van der Waals surface area (Å²) in [6, 6.07) is 11.2. The van der Waals surface area contributed by atoms with E-state index >= 15 is 0 Å². The Morgan fingerprint density at radius 1 is 0.983 bits per heavy atom. The zero-order valence-electron chi connectivity index (χ0n) is 35.4. The molecule has 1 amide bonds. The van der Waals surface area contributed by atoms with Crippen LogP contribution in [0, 0.1) is 31.6 Å². The lowest BCUT2D eigenvalue weighted by Gasteiger charge is -2.59. The summed E-state index contributed by atoms with van der Waals surface area (Å²) in [5.74, 6) is 0.0122. The molecule has 3 N–H and O–H groups in total. The lowest BCUT2D eigenvalue weighted by atomic mass is 9.55. The number of unbranched alkanes of at least 4 members (excludes halogenated alkanes) is 2. The molecule has 0 unspecified atom stereocenters. The van der Waals surface area contributed by atoms with Crippen LogP contribution in [0.1, 0.15) is 95.2 Å². The van der Waals surface area contributed by atoms with Crippen molar-refractivity contribution in [3.63, 3.8) is 0 Å². The molecule has 0 spiro atoms. The molecule has 1 saturated carbocycles. The number of carbonyl (C=O) groups is 1. The number of aryl methyl sites for hydroxylation is 2. The van der Waals surface area contributed by atoms with E-state index in [-0.39, 0.29) is 77.0 Å². The molecule has 2 aromatic carbocycles. The minimum Gasteiger partial charge on any atom is -0.459 e. The summed E-state index contributed by atoms with van der Waals surface area (Å²) >= 11 is 0. The molecule has 0 bridgehead atoms. The van der Waals surface area contributed by atoms with Gasteiger partial charge >= 0.3 is 6.09 Å². The van der Waals surface area contributed by atoms with Gasteiger partial charge in [-0.1, -0.05) is 36.2 Å². The first-order valence-electron chi connectivity index (χ1n) is 21.0. The highest BCUT2D eigenvalue weighted by Crippen LogP contribution is 2.62. The third kappa shape index (κ3) is 10.6. The van der Waals surface area contributed by atoms with Gasteiger partial charge in [-0.3, -0.25) is 4.90 Å². The van der Waals surface area contributed by atoms with E-state index in [2.05, 4.69) is 38.6 Å². The fourth-order valence-corrected chi connectivity index (χ4v) is 8.73. The molecule has 0 radical (unpaired) electrons. The Kier molecular flexibility index (Phi) is 16.2. The van der Waals surface area contributed by atoms with Crippen molar-refractivity contribution in [2.24, 2.45) is 22.9 Å². The van der Waals surface area contributed by atoms with Crippen LogP contribution in [0.3, 0.4) is 0 Å². The normalized spacial score (nSPS) is 24.3. The highest BCUT2D eigenvalue weighted by Gasteiger charge is 2.65. The molecule has 3 aliphatic rings. The van der Waals surface area contributed by atoms with Crippen LogP contribution in [-0.4, -0.2) is 102 Å². The van der Waals surface area contributed by atoms with Crippen LogP contribution in [0.25, 0.3) is 0 Å². The maximum atomic E-state index is 14.1. The molecule has 58 heavy (non-hydrogen) atoms. The van der Waals surface area contributed by atoms with Crippen LogP contribution in [0.2, 0.25) is 0 Å². The Balaban J connectivity index is 1.79. The maximum absolute atomic E-state index is 14.1. The van der Waals surface area contributed by atoms with Crippen molar-refractivity contribution in [2.75, 3.05) is 52.8 Å². The van der Waals surface area contributed by atoms with Crippen LogP contribution >= 0.6 is 0 Å². The molecule has 2 aliphatic carbocycles. The second-order valence-electron chi connectivity index (χ2n) is 16.6. The van der Waals surface area contributed by atoms with Crippen molar-refractivity contribution in [3.05, 3.63) is 77.4 Å². The number of rotatable bonds is 21. The number of hydrogen-bond acceptors (Lipinski definition) is 11. The number of oxime groups is 1. The molecular formula is C46H66N2O10. The first-order valence-corrected chi connectivity index (χ1v) is 21.0. The highest BCUT2D eigenvalue weighted by atomic mass is 16.7. The van der Waals surface area contributed by atoms with Gasteiger partial charge in [0.2, 0.25) is 5.79 Å². The van der Waals surface area contributed by atoms with Crippen molar-refractivity contribution in [2.45, 2.75) is 110 Å². The van der Waals surface area contributed by atoms with Crippen LogP contribution in [0.4, 0.5) is 4.79 Å². The summed E-state index contributed by atoms with van der Waals surface area (Å²) in [7, 11) is 0. The average molecular weight is 807 g/mol. The predicted molar refractivity (Wildman–Crippen MR) is 223 cm³/mol. The molecule has 12 nitrogen and oxygen atoms in total. The molecule has 0 aromatic heterocycles. The van der Waals surface area contributed by atoms with Gasteiger partial charge in [0, 0.05) is 37.7 Å². The number of aliphatic hydroxyl groups is 3. The lowest BCUT2D eigenvalue weighted by molar-refractivity contribution is -0.256. The van der Waals surface area contributed by atoms with Gasteiger partial charge in [-0.25, -0.2) is 4.79 Å². The number of fused-ring (bicyclic) bond motifs is 2. The molecule has 1 fully saturated rings. The molecular weight excluding hydrogens is 741 g/mol. The van der Waals surface area contributed by atoms with Crippen LogP contribution in [-0.2, 0) is 19.0 Å². The van der Waals surface area contributed by atoms with Gasteiger partial charge in [-0.2, -0.15) is 0 Å². The van der Waals surface area contributed by atoms with E-state index in [4.69, 9.17) is 33.7 Å². The number of benzene rings is 2. The fraction of sp³-hybridized carbons (Fsp3) is 0.609. The van der Waals surface area contributed by atoms with E-state index in [0.717, 1.165) is 48.1 Å². The lowest BCUT2D eigenvalue weighted by Crippen LogP contribution is -2.70. The Morgan fingerprint density at radius 2 is 1.71 bits per heavy atom. The van der Waals surface area contributed by atoms with Crippen molar-refractivity contribution in [1.82, 2.24) is 4.90 Å². The standard InChI is InChI=1S/C46H66N2O10/c1-8-24-55-46-41(48(44(52)54-9-2)20-25-53-26-23-51)30-39(47-58-45(5,6)7)37-28-33(14-10-12-21-49)36(15-11-13-22-50)42(43(37)46)38-29-35(18-19-40(38)57-46)56-34-17-16-31(3)32(4)27-34/h8,16-19,27-29,33,36,41-43,49-51H,1,9-15,20-26,30H2,2-7H3/t33-,36+,41-,42+,43+,46+/m0/s1. The first-order chi connectivity index (χ1) is 27.9. The Labute approximate surface area is 344 Å². The Morgan fingerprint density at radius 3 is 2.38 bits per heavy atom. The first kappa shape index (κ1) is 45.1.